The second-order valence-electron chi connectivity index (χ2n) is 9.25. The lowest BCUT2D eigenvalue weighted by Crippen LogP contribution is -2.32. The van der Waals surface area contributed by atoms with Crippen molar-refractivity contribution in [1.29, 1.82) is 0 Å². The first-order chi connectivity index (χ1) is 19.1. The Hall–Kier alpha value is -3.85. The normalized spacial score (nSPS) is 15.2. The highest BCUT2D eigenvalue weighted by Crippen LogP contribution is 2.35. The van der Waals surface area contributed by atoms with Crippen LogP contribution in [0.1, 0.15) is 34.5 Å². The lowest BCUT2D eigenvalue weighted by molar-refractivity contribution is -0.385. The molecule has 3 aromatic rings. The monoisotopic (exact) mass is 573 g/mol. The summed E-state index contributed by atoms with van der Waals surface area (Å²) >= 11 is 0. The minimum absolute atomic E-state index is 0.0592. The molecular weight excluding hydrogens is 542 g/mol. The topological polar surface area (TPSA) is 164 Å². The number of carbonyl (C=O) groups excluding carboxylic acids is 1. The molecule has 0 aliphatic carbocycles. The van der Waals surface area contributed by atoms with E-state index >= 15 is 0 Å². The average molecular weight is 574 g/mol. The van der Waals surface area contributed by atoms with Gasteiger partial charge in [0.05, 0.1) is 23.3 Å². The van der Waals surface area contributed by atoms with E-state index in [0.29, 0.717) is 24.4 Å². The highest BCUT2D eigenvalue weighted by molar-refractivity contribution is 7.89. The first-order valence-electron chi connectivity index (χ1n) is 12.6. The standard InChI is InChI=1S/C26H31N5O8S/c1-17-6-8-19(9-7-17)30-26(18(2)24(29-30)25(32)27-16-21-5-4-13-38-21)39-22-11-10-20(31(33)34)15-23(22)40(35,36)28-12-14-37-3/h6-11,15,21,28H,4-5,12-14,16H2,1-3H3,(H,27,32). The van der Waals surface area contributed by atoms with Crippen LogP contribution in [0, 0.1) is 24.0 Å². The van der Waals surface area contributed by atoms with Crippen molar-refractivity contribution in [2.24, 2.45) is 0 Å². The molecule has 1 amide bonds. The highest BCUT2D eigenvalue weighted by Gasteiger charge is 2.28. The van der Waals surface area contributed by atoms with E-state index in [9.17, 15) is 23.3 Å². The van der Waals surface area contributed by atoms with Crippen LogP contribution < -0.4 is 14.8 Å². The Bertz CT molecular complexity index is 1480. The number of aromatic nitrogens is 2. The van der Waals surface area contributed by atoms with E-state index in [4.69, 9.17) is 14.2 Å². The zero-order chi connectivity index (χ0) is 28.9. The number of hydrogen-bond acceptors (Lipinski definition) is 9. The molecule has 0 spiro atoms. The number of rotatable bonds is 12. The molecule has 13 nitrogen and oxygen atoms in total. The summed E-state index contributed by atoms with van der Waals surface area (Å²) in [7, 11) is -2.83. The van der Waals surface area contributed by atoms with Crippen LogP contribution in [0.3, 0.4) is 0 Å². The van der Waals surface area contributed by atoms with Crippen LogP contribution in [-0.2, 0) is 19.5 Å². The number of benzene rings is 2. The number of nitrogens with one attached hydrogen (secondary N) is 2. The van der Waals surface area contributed by atoms with Crippen LogP contribution in [0.2, 0.25) is 0 Å². The fourth-order valence-electron chi connectivity index (χ4n) is 4.14. The first kappa shape index (κ1) is 29.1. The maximum atomic E-state index is 13.1. The summed E-state index contributed by atoms with van der Waals surface area (Å²) < 4.78 is 46.6. The Morgan fingerprint density at radius 3 is 2.62 bits per heavy atom. The fraction of sp³-hybridized carbons (Fsp3) is 0.385. The maximum Gasteiger partial charge on any atom is 0.272 e. The molecular formula is C26H31N5O8S. The van der Waals surface area contributed by atoms with Crippen molar-refractivity contribution >= 4 is 21.6 Å². The molecule has 40 heavy (non-hydrogen) atoms. The number of carbonyl (C=O) groups is 1. The van der Waals surface area contributed by atoms with Crippen molar-refractivity contribution in [3.05, 3.63) is 69.4 Å². The summed E-state index contributed by atoms with van der Waals surface area (Å²) in [6.45, 7) is 4.56. The number of non-ortho nitro benzene ring substituents is 1. The SMILES string of the molecule is COCCNS(=O)(=O)c1cc([N+](=O)[O-])ccc1Oc1c(C)c(C(=O)NCC2CCCO2)nn1-c1ccc(C)cc1. The molecule has 4 rings (SSSR count). The van der Waals surface area contributed by atoms with E-state index < -0.39 is 31.4 Å². The zero-order valence-electron chi connectivity index (χ0n) is 22.4. The van der Waals surface area contributed by atoms with E-state index in [1.54, 1.807) is 19.1 Å². The number of aryl methyl sites for hydroxylation is 1. The molecule has 1 atom stereocenters. The van der Waals surface area contributed by atoms with Crippen LogP contribution in [0.5, 0.6) is 11.6 Å². The molecule has 1 unspecified atom stereocenters. The predicted octanol–water partition coefficient (Wildman–Crippen LogP) is 3.02. The Morgan fingerprint density at radius 2 is 1.98 bits per heavy atom. The van der Waals surface area contributed by atoms with Gasteiger partial charge in [-0.2, -0.15) is 9.78 Å². The molecule has 1 aliphatic heterocycles. The van der Waals surface area contributed by atoms with Gasteiger partial charge in [0.25, 0.3) is 11.6 Å². The van der Waals surface area contributed by atoms with Gasteiger partial charge in [0, 0.05) is 44.5 Å². The van der Waals surface area contributed by atoms with Crippen LogP contribution in [-0.4, -0.2) is 68.5 Å². The lowest BCUT2D eigenvalue weighted by Gasteiger charge is -2.14. The number of amides is 1. The van der Waals surface area contributed by atoms with Gasteiger partial charge in [0.15, 0.2) is 5.69 Å². The van der Waals surface area contributed by atoms with Gasteiger partial charge in [0.2, 0.25) is 15.9 Å². The minimum atomic E-state index is -4.25. The van der Waals surface area contributed by atoms with E-state index in [2.05, 4.69) is 15.1 Å². The second-order valence-corrected chi connectivity index (χ2v) is 11.0. The van der Waals surface area contributed by atoms with Gasteiger partial charge in [-0.3, -0.25) is 14.9 Å². The molecule has 1 fully saturated rings. The van der Waals surface area contributed by atoms with E-state index in [1.807, 2.05) is 19.1 Å². The Kier molecular flexibility index (Phi) is 9.14. The molecule has 1 saturated heterocycles. The van der Waals surface area contributed by atoms with Crippen LogP contribution >= 0.6 is 0 Å². The molecule has 1 aromatic heterocycles. The third-order valence-corrected chi connectivity index (χ3v) is 7.79. The van der Waals surface area contributed by atoms with Gasteiger partial charge in [-0.05, 0) is 44.9 Å². The van der Waals surface area contributed by atoms with Crippen molar-refractivity contribution in [2.75, 3.05) is 33.4 Å². The number of nitro benzene ring substituents is 1. The summed E-state index contributed by atoms with van der Waals surface area (Å²) in [4.78, 5) is 23.4. The third-order valence-electron chi connectivity index (χ3n) is 6.31. The Morgan fingerprint density at radius 1 is 1.23 bits per heavy atom. The summed E-state index contributed by atoms with van der Waals surface area (Å²) in [6.07, 6.45) is 1.71. The van der Waals surface area contributed by atoms with E-state index in [0.717, 1.165) is 30.5 Å². The van der Waals surface area contributed by atoms with Crippen molar-refractivity contribution < 1.29 is 32.3 Å². The number of nitrogens with zero attached hydrogens (tertiary/aromatic N) is 3. The second kappa shape index (κ2) is 12.6. The number of ether oxygens (including phenoxy) is 3. The Labute approximate surface area is 231 Å². The summed E-state index contributed by atoms with van der Waals surface area (Å²) in [5.41, 5.74) is 1.55. The first-order valence-corrected chi connectivity index (χ1v) is 14.1. The quantitative estimate of drug-likeness (QED) is 0.188. The van der Waals surface area contributed by atoms with Gasteiger partial charge in [0.1, 0.15) is 10.6 Å². The van der Waals surface area contributed by atoms with Crippen molar-refractivity contribution in [3.63, 3.8) is 0 Å². The molecule has 0 saturated carbocycles. The largest absolute Gasteiger partial charge is 0.437 e. The summed E-state index contributed by atoms with van der Waals surface area (Å²) in [5.74, 6) is -0.548. The Balaban J connectivity index is 1.76. The fourth-order valence-corrected chi connectivity index (χ4v) is 5.30. The van der Waals surface area contributed by atoms with Gasteiger partial charge in [-0.15, -0.1) is 0 Å². The molecule has 0 bridgehead atoms. The van der Waals surface area contributed by atoms with Crippen molar-refractivity contribution in [3.8, 4) is 17.3 Å². The van der Waals surface area contributed by atoms with Crippen molar-refractivity contribution in [1.82, 2.24) is 19.8 Å². The molecule has 1 aliphatic rings. The number of methoxy groups -OCH3 is 1. The average Bonchev–Trinajstić information content (AvgIpc) is 3.56. The number of nitro groups is 1. The lowest BCUT2D eigenvalue weighted by atomic mass is 10.2. The van der Waals surface area contributed by atoms with Gasteiger partial charge in [-0.1, -0.05) is 17.7 Å². The number of hydrogen-bond donors (Lipinski definition) is 2. The molecule has 2 aromatic carbocycles. The molecule has 14 heteroatoms. The smallest absolute Gasteiger partial charge is 0.272 e. The molecule has 2 heterocycles. The predicted molar refractivity (Wildman–Crippen MR) is 145 cm³/mol. The van der Waals surface area contributed by atoms with Crippen LogP contribution in [0.25, 0.3) is 5.69 Å². The zero-order valence-corrected chi connectivity index (χ0v) is 23.2. The van der Waals surface area contributed by atoms with Gasteiger partial charge < -0.3 is 19.5 Å². The molecule has 2 N–H and O–H groups in total. The minimum Gasteiger partial charge on any atom is -0.437 e. The molecule has 214 valence electrons. The summed E-state index contributed by atoms with van der Waals surface area (Å²) in [5, 5.41) is 18.8. The van der Waals surface area contributed by atoms with E-state index in [1.165, 1.54) is 17.9 Å². The van der Waals surface area contributed by atoms with Crippen LogP contribution in [0.15, 0.2) is 47.4 Å². The van der Waals surface area contributed by atoms with Gasteiger partial charge >= 0.3 is 0 Å². The molecule has 0 radical (unpaired) electrons. The third kappa shape index (κ3) is 6.65. The van der Waals surface area contributed by atoms with Gasteiger partial charge in [-0.25, -0.2) is 13.1 Å². The van der Waals surface area contributed by atoms with Crippen molar-refractivity contribution in [2.45, 2.75) is 37.7 Å². The number of sulfonamides is 1. The maximum absolute atomic E-state index is 13.1. The van der Waals surface area contributed by atoms with Crippen LogP contribution in [0.4, 0.5) is 5.69 Å². The van der Waals surface area contributed by atoms with E-state index in [-0.39, 0.29) is 36.6 Å². The highest BCUT2D eigenvalue weighted by atomic mass is 32.2. The summed E-state index contributed by atoms with van der Waals surface area (Å²) in [6, 6.07) is 10.5.